The first-order chi connectivity index (χ1) is 13.4. The summed E-state index contributed by atoms with van der Waals surface area (Å²) in [4.78, 5) is 16.0. The predicted molar refractivity (Wildman–Crippen MR) is 95.6 cm³/mol. The molecule has 0 atom stereocenters. The Bertz CT molecular complexity index is 977. The quantitative estimate of drug-likeness (QED) is 0.633. The lowest BCUT2D eigenvalue weighted by Crippen LogP contribution is -2.07. The summed E-state index contributed by atoms with van der Waals surface area (Å²) in [5, 5.41) is 13.3. The van der Waals surface area contributed by atoms with E-state index in [0.717, 1.165) is 12.1 Å². The maximum absolute atomic E-state index is 12.6. The second-order valence-electron chi connectivity index (χ2n) is 5.53. The third kappa shape index (κ3) is 4.53. The lowest BCUT2D eigenvalue weighted by molar-refractivity contribution is -0.137. The number of anilines is 4. The molecule has 0 spiro atoms. The molecule has 0 unspecified atom stereocenters. The highest BCUT2D eigenvalue weighted by Crippen LogP contribution is 2.30. The first-order valence-electron chi connectivity index (χ1n) is 7.95. The third-order valence-corrected chi connectivity index (χ3v) is 3.62. The van der Waals surface area contributed by atoms with E-state index in [4.69, 9.17) is 4.74 Å². The lowest BCUT2D eigenvalue weighted by atomic mass is 10.2. The van der Waals surface area contributed by atoms with Crippen LogP contribution in [0.5, 0.6) is 0 Å². The number of nitrogens with one attached hydrogen (secondary N) is 2. The van der Waals surface area contributed by atoms with Crippen LogP contribution in [0.1, 0.15) is 15.9 Å². The number of alkyl halides is 3. The van der Waals surface area contributed by atoms with Crippen LogP contribution in [-0.2, 0) is 10.9 Å². The van der Waals surface area contributed by atoms with Gasteiger partial charge in [-0.3, -0.25) is 0 Å². The van der Waals surface area contributed by atoms with Crippen LogP contribution in [0.2, 0.25) is 0 Å². The number of ether oxygens (including phenoxy) is 1. The van der Waals surface area contributed by atoms with Crippen molar-refractivity contribution >= 4 is 29.1 Å². The summed E-state index contributed by atoms with van der Waals surface area (Å²) in [7, 11) is 1.28. The van der Waals surface area contributed by atoms with Crippen molar-refractivity contribution in [3.8, 4) is 0 Å². The Labute approximate surface area is 157 Å². The van der Waals surface area contributed by atoms with E-state index < -0.39 is 17.7 Å². The van der Waals surface area contributed by atoms with Gasteiger partial charge in [-0.1, -0.05) is 12.1 Å². The number of esters is 1. The number of carbonyl (C=O) groups is 1. The fraction of sp³-hybridized carbons (Fsp3) is 0.111. The van der Waals surface area contributed by atoms with Gasteiger partial charge in [0, 0.05) is 5.69 Å². The van der Waals surface area contributed by atoms with Crippen molar-refractivity contribution in [2.45, 2.75) is 6.18 Å². The molecule has 144 valence electrons. The maximum atomic E-state index is 12.6. The van der Waals surface area contributed by atoms with Crippen molar-refractivity contribution in [2.75, 3.05) is 17.7 Å². The smallest absolute Gasteiger partial charge is 0.416 e. The van der Waals surface area contributed by atoms with Crippen molar-refractivity contribution in [1.82, 2.24) is 15.2 Å². The zero-order valence-electron chi connectivity index (χ0n) is 14.5. The fourth-order valence-corrected chi connectivity index (χ4v) is 2.31. The van der Waals surface area contributed by atoms with Crippen molar-refractivity contribution in [3.63, 3.8) is 0 Å². The summed E-state index contributed by atoms with van der Waals surface area (Å²) in [6, 6.07) is 11.1. The van der Waals surface area contributed by atoms with Crippen molar-refractivity contribution in [1.29, 1.82) is 0 Å². The van der Waals surface area contributed by atoms with Crippen molar-refractivity contribution in [2.24, 2.45) is 0 Å². The topological polar surface area (TPSA) is 89.0 Å². The van der Waals surface area contributed by atoms with Crippen LogP contribution in [0, 0.1) is 0 Å². The second-order valence-corrected chi connectivity index (χ2v) is 5.53. The molecule has 0 aliphatic heterocycles. The molecule has 2 N–H and O–H groups in total. The molecule has 1 heterocycles. The summed E-state index contributed by atoms with van der Waals surface area (Å²) < 4.78 is 42.6. The van der Waals surface area contributed by atoms with Gasteiger partial charge in [-0.2, -0.15) is 23.3 Å². The van der Waals surface area contributed by atoms with E-state index in [1.165, 1.54) is 25.4 Å². The molecule has 0 saturated heterocycles. The number of methoxy groups -OCH3 is 1. The largest absolute Gasteiger partial charge is 0.465 e. The Morgan fingerprint density at radius 2 is 1.75 bits per heavy atom. The van der Waals surface area contributed by atoms with E-state index in [1.54, 1.807) is 24.3 Å². The van der Waals surface area contributed by atoms with Crippen molar-refractivity contribution in [3.05, 3.63) is 65.9 Å². The van der Waals surface area contributed by atoms with Crippen LogP contribution in [0.3, 0.4) is 0 Å². The molecule has 0 aliphatic carbocycles. The molecule has 28 heavy (non-hydrogen) atoms. The lowest BCUT2D eigenvalue weighted by Gasteiger charge is -2.11. The van der Waals surface area contributed by atoms with Gasteiger partial charge in [-0.05, 0) is 36.4 Å². The van der Waals surface area contributed by atoms with Gasteiger partial charge < -0.3 is 15.4 Å². The Morgan fingerprint density at radius 1 is 1.04 bits per heavy atom. The van der Waals surface area contributed by atoms with E-state index in [2.05, 4.69) is 25.8 Å². The molecule has 0 fully saturated rings. The number of carbonyl (C=O) groups excluding carboxylic acids is 1. The van der Waals surface area contributed by atoms with Gasteiger partial charge in [0.1, 0.15) is 0 Å². The minimum absolute atomic E-state index is 0.0697. The minimum Gasteiger partial charge on any atom is -0.465 e. The number of aromatic nitrogens is 3. The fourth-order valence-electron chi connectivity index (χ4n) is 2.31. The van der Waals surface area contributed by atoms with E-state index >= 15 is 0 Å². The van der Waals surface area contributed by atoms with Gasteiger partial charge in [0.25, 0.3) is 0 Å². The molecule has 2 aromatic carbocycles. The number of hydrogen-bond donors (Lipinski definition) is 2. The number of halogens is 3. The van der Waals surface area contributed by atoms with Crippen LogP contribution in [-0.4, -0.2) is 28.3 Å². The molecule has 3 rings (SSSR count). The molecule has 0 amide bonds. The molecule has 0 radical (unpaired) electrons. The third-order valence-electron chi connectivity index (χ3n) is 3.62. The highest BCUT2D eigenvalue weighted by Gasteiger charge is 2.29. The highest BCUT2D eigenvalue weighted by molar-refractivity contribution is 5.96. The molecule has 0 aliphatic rings. The summed E-state index contributed by atoms with van der Waals surface area (Å²) in [5.41, 5.74) is 0.366. The Kier molecular flexibility index (Phi) is 5.39. The number of hydrogen-bond acceptors (Lipinski definition) is 7. The SMILES string of the molecule is COC(=O)c1ccccc1Nc1cnnc(Nc2ccc(C(F)(F)F)cc2)n1. The van der Waals surface area contributed by atoms with Gasteiger partial charge in [0.2, 0.25) is 5.95 Å². The maximum Gasteiger partial charge on any atom is 0.416 e. The van der Waals surface area contributed by atoms with Crippen LogP contribution >= 0.6 is 0 Å². The molecule has 7 nitrogen and oxygen atoms in total. The van der Waals surface area contributed by atoms with Crippen LogP contribution in [0.4, 0.5) is 36.3 Å². The molecule has 3 aromatic rings. The Hall–Kier alpha value is -3.69. The first kappa shape index (κ1) is 19.1. The van der Waals surface area contributed by atoms with Gasteiger partial charge in [0.05, 0.1) is 30.1 Å². The number of rotatable bonds is 5. The zero-order chi connectivity index (χ0) is 20.1. The van der Waals surface area contributed by atoms with Gasteiger partial charge in [0.15, 0.2) is 5.82 Å². The van der Waals surface area contributed by atoms with Crippen LogP contribution in [0.25, 0.3) is 0 Å². The summed E-state index contributed by atoms with van der Waals surface area (Å²) >= 11 is 0. The molecule has 1 aromatic heterocycles. The van der Waals surface area contributed by atoms with Gasteiger partial charge in [-0.15, -0.1) is 5.10 Å². The Morgan fingerprint density at radius 3 is 2.43 bits per heavy atom. The summed E-state index contributed by atoms with van der Waals surface area (Å²) in [6.45, 7) is 0. The van der Waals surface area contributed by atoms with Crippen molar-refractivity contribution < 1.29 is 22.7 Å². The number of benzene rings is 2. The van der Waals surface area contributed by atoms with Gasteiger partial charge in [-0.25, -0.2) is 4.79 Å². The normalized spacial score (nSPS) is 11.0. The highest BCUT2D eigenvalue weighted by atomic mass is 19.4. The van der Waals surface area contributed by atoms with E-state index in [1.807, 2.05) is 0 Å². The van der Waals surface area contributed by atoms with Gasteiger partial charge >= 0.3 is 12.1 Å². The molecular formula is C18H14F3N5O2. The monoisotopic (exact) mass is 389 g/mol. The first-order valence-corrected chi connectivity index (χ1v) is 7.95. The molecule has 10 heteroatoms. The summed E-state index contributed by atoms with van der Waals surface area (Å²) in [5.74, 6) is -0.172. The number of nitrogens with zero attached hydrogens (tertiary/aromatic N) is 3. The van der Waals surface area contributed by atoms with Crippen LogP contribution < -0.4 is 10.6 Å². The number of para-hydroxylation sites is 1. The van der Waals surface area contributed by atoms with E-state index in [-0.39, 0.29) is 11.8 Å². The predicted octanol–water partition coefficient (Wildman–Crippen LogP) is 4.16. The minimum atomic E-state index is -4.41. The summed E-state index contributed by atoms with van der Waals surface area (Å²) in [6.07, 6.45) is -3.07. The Balaban J connectivity index is 1.77. The molecular weight excluding hydrogens is 375 g/mol. The standard InChI is InChI=1S/C18H14F3N5O2/c1-28-16(27)13-4-2-3-5-14(13)24-15-10-22-26-17(25-15)23-12-8-6-11(7-9-12)18(19,20)21/h2-10H,1H3,(H2,23,24,25,26). The average molecular weight is 389 g/mol. The second kappa shape index (κ2) is 7.91. The van der Waals surface area contributed by atoms with E-state index in [9.17, 15) is 18.0 Å². The van der Waals surface area contributed by atoms with E-state index in [0.29, 0.717) is 16.9 Å². The zero-order valence-corrected chi connectivity index (χ0v) is 14.5. The molecule has 0 bridgehead atoms. The van der Waals surface area contributed by atoms with Crippen LogP contribution in [0.15, 0.2) is 54.7 Å². The molecule has 0 saturated carbocycles. The average Bonchev–Trinajstić information content (AvgIpc) is 2.68.